The highest BCUT2D eigenvalue weighted by molar-refractivity contribution is 5.42. The van der Waals surface area contributed by atoms with Gasteiger partial charge in [0, 0.05) is 13.5 Å². The fourth-order valence-electron chi connectivity index (χ4n) is 1.66. The van der Waals surface area contributed by atoms with Gasteiger partial charge in [0.15, 0.2) is 5.82 Å². The summed E-state index contributed by atoms with van der Waals surface area (Å²) in [5.74, 6) is 0.754. The minimum absolute atomic E-state index is 0.155. The van der Waals surface area contributed by atoms with Crippen molar-refractivity contribution < 1.29 is 0 Å². The van der Waals surface area contributed by atoms with Crippen LogP contribution in [0, 0.1) is 0 Å². The van der Waals surface area contributed by atoms with Crippen LogP contribution in [0.5, 0.6) is 0 Å². The van der Waals surface area contributed by atoms with Gasteiger partial charge in [-0.2, -0.15) is 9.77 Å². The van der Waals surface area contributed by atoms with Crippen LogP contribution in [-0.4, -0.2) is 14.5 Å². The van der Waals surface area contributed by atoms with E-state index in [4.69, 9.17) is 0 Å². The van der Waals surface area contributed by atoms with Crippen molar-refractivity contribution in [1.29, 1.82) is 0 Å². The number of rotatable bonds is 4. The van der Waals surface area contributed by atoms with Crippen molar-refractivity contribution in [3.8, 4) is 0 Å². The van der Waals surface area contributed by atoms with Crippen molar-refractivity contribution in [2.45, 2.75) is 19.8 Å². The average Bonchev–Trinajstić information content (AvgIpc) is 2.59. The molecule has 0 fully saturated rings. The van der Waals surface area contributed by atoms with Gasteiger partial charge >= 0.3 is 5.69 Å². The first-order valence-electron chi connectivity index (χ1n) is 5.69. The summed E-state index contributed by atoms with van der Waals surface area (Å²) in [5, 5.41) is 4.20. The smallest absolute Gasteiger partial charge is 0.289 e. The topological polar surface area (TPSA) is 51.9 Å². The maximum Gasteiger partial charge on any atom is 0.364 e. The molecule has 1 aromatic carbocycles. The highest BCUT2D eigenvalue weighted by atomic mass is 16.2. The van der Waals surface area contributed by atoms with Gasteiger partial charge in [-0.05, 0) is 18.6 Å². The summed E-state index contributed by atoms with van der Waals surface area (Å²) in [6.07, 6.45) is 1.73. The Morgan fingerprint density at radius 1 is 1.29 bits per heavy atom. The summed E-state index contributed by atoms with van der Waals surface area (Å²) >= 11 is 0. The van der Waals surface area contributed by atoms with E-state index < -0.39 is 0 Å². The molecule has 90 valence electrons. The quantitative estimate of drug-likeness (QED) is 0.867. The lowest BCUT2D eigenvalue weighted by atomic mass is 10.3. The summed E-state index contributed by atoms with van der Waals surface area (Å²) in [6, 6.07) is 9.60. The van der Waals surface area contributed by atoms with Crippen molar-refractivity contribution in [2.24, 2.45) is 7.05 Å². The molecule has 1 heterocycles. The van der Waals surface area contributed by atoms with Crippen molar-refractivity contribution in [3.05, 3.63) is 46.6 Å². The van der Waals surface area contributed by atoms with E-state index in [1.54, 1.807) is 7.05 Å². The lowest BCUT2D eigenvalue weighted by Crippen LogP contribution is -2.28. The van der Waals surface area contributed by atoms with E-state index >= 15 is 0 Å². The Morgan fingerprint density at radius 3 is 2.65 bits per heavy atom. The molecule has 0 saturated heterocycles. The van der Waals surface area contributed by atoms with Crippen LogP contribution < -0.4 is 11.1 Å². The molecule has 0 saturated carbocycles. The molecule has 0 radical (unpaired) electrons. The van der Waals surface area contributed by atoms with Gasteiger partial charge in [0.2, 0.25) is 0 Å². The van der Waals surface area contributed by atoms with E-state index in [2.05, 4.69) is 17.4 Å². The molecule has 2 rings (SSSR count). The molecule has 1 aromatic heterocycles. The van der Waals surface area contributed by atoms with E-state index in [-0.39, 0.29) is 5.69 Å². The molecule has 0 bridgehead atoms. The highest BCUT2D eigenvalue weighted by Crippen LogP contribution is 2.06. The van der Waals surface area contributed by atoms with Crippen molar-refractivity contribution >= 4 is 5.69 Å². The summed E-state index contributed by atoms with van der Waals surface area (Å²) in [4.78, 5) is 11.9. The monoisotopic (exact) mass is 232 g/mol. The second kappa shape index (κ2) is 4.86. The van der Waals surface area contributed by atoms with Crippen LogP contribution >= 0.6 is 0 Å². The third kappa shape index (κ3) is 2.38. The number of nitrogens with zero attached hydrogens (tertiary/aromatic N) is 3. The summed E-state index contributed by atoms with van der Waals surface area (Å²) in [6.45, 7) is 2.06. The minimum Gasteiger partial charge on any atom is -0.289 e. The molecule has 5 nitrogen and oxygen atoms in total. The number of aromatic nitrogens is 3. The van der Waals surface area contributed by atoms with E-state index in [1.807, 2.05) is 30.3 Å². The Hall–Kier alpha value is -2.04. The number of anilines is 1. The molecule has 0 spiro atoms. The maximum absolute atomic E-state index is 11.9. The molecule has 0 aliphatic heterocycles. The SMILES string of the molecule is CCCc1nn(C)c(=O)n1Nc1ccccc1. The molecule has 0 aliphatic rings. The van der Waals surface area contributed by atoms with Crippen molar-refractivity contribution in [3.63, 3.8) is 0 Å². The molecular formula is C12H16N4O. The molecular weight excluding hydrogens is 216 g/mol. The Bertz CT molecular complexity index is 541. The summed E-state index contributed by atoms with van der Waals surface area (Å²) < 4.78 is 2.85. The average molecular weight is 232 g/mol. The largest absolute Gasteiger partial charge is 0.364 e. The van der Waals surface area contributed by atoms with Crippen LogP contribution in [0.3, 0.4) is 0 Å². The zero-order valence-electron chi connectivity index (χ0n) is 10.1. The number of hydrogen-bond acceptors (Lipinski definition) is 3. The van der Waals surface area contributed by atoms with E-state index in [1.165, 1.54) is 9.36 Å². The lowest BCUT2D eigenvalue weighted by Gasteiger charge is -2.07. The second-order valence-electron chi connectivity index (χ2n) is 3.89. The van der Waals surface area contributed by atoms with Crippen LogP contribution in [-0.2, 0) is 13.5 Å². The standard InChI is InChI=1S/C12H16N4O/c1-3-7-11-14-15(2)12(17)16(11)13-10-8-5-4-6-9-10/h4-6,8-9,13H,3,7H2,1-2H3. The van der Waals surface area contributed by atoms with Gasteiger partial charge in [0.25, 0.3) is 0 Å². The highest BCUT2D eigenvalue weighted by Gasteiger charge is 2.09. The molecule has 0 atom stereocenters. The summed E-state index contributed by atoms with van der Waals surface area (Å²) in [5.41, 5.74) is 3.79. The van der Waals surface area contributed by atoms with Crippen LogP contribution in [0.1, 0.15) is 19.2 Å². The zero-order valence-corrected chi connectivity index (χ0v) is 10.1. The Balaban J connectivity index is 2.34. The predicted molar refractivity (Wildman–Crippen MR) is 66.9 cm³/mol. The molecule has 5 heteroatoms. The summed E-state index contributed by atoms with van der Waals surface area (Å²) in [7, 11) is 1.66. The molecule has 0 aliphatic carbocycles. The van der Waals surface area contributed by atoms with Crippen LogP contribution in [0.25, 0.3) is 0 Å². The first kappa shape index (κ1) is 11.4. The minimum atomic E-state index is -0.155. The molecule has 17 heavy (non-hydrogen) atoms. The number of benzene rings is 1. The Kier molecular flexibility index (Phi) is 3.27. The zero-order chi connectivity index (χ0) is 12.3. The van der Waals surface area contributed by atoms with E-state index in [9.17, 15) is 4.79 Å². The number of para-hydroxylation sites is 1. The molecule has 0 unspecified atom stereocenters. The van der Waals surface area contributed by atoms with Gasteiger partial charge in [-0.3, -0.25) is 5.43 Å². The number of aryl methyl sites for hydroxylation is 2. The van der Waals surface area contributed by atoms with Gasteiger partial charge in [0.05, 0.1) is 5.69 Å². The van der Waals surface area contributed by atoms with E-state index in [0.29, 0.717) is 0 Å². The van der Waals surface area contributed by atoms with Crippen molar-refractivity contribution in [2.75, 3.05) is 5.43 Å². The third-order valence-electron chi connectivity index (χ3n) is 2.48. The lowest BCUT2D eigenvalue weighted by molar-refractivity contribution is 0.712. The van der Waals surface area contributed by atoms with Crippen LogP contribution in [0.4, 0.5) is 5.69 Å². The molecule has 0 amide bonds. The second-order valence-corrected chi connectivity index (χ2v) is 3.89. The fourth-order valence-corrected chi connectivity index (χ4v) is 1.66. The van der Waals surface area contributed by atoms with Gasteiger partial charge in [-0.1, -0.05) is 25.1 Å². The number of hydrogen-bond donors (Lipinski definition) is 1. The first-order chi connectivity index (χ1) is 8.22. The van der Waals surface area contributed by atoms with Crippen LogP contribution in [0.2, 0.25) is 0 Å². The fraction of sp³-hybridized carbons (Fsp3) is 0.333. The molecule has 2 aromatic rings. The predicted octanol–water partition coefficient (Wildman–Crippen LogP) is 1.41. The van der Waals surface area contributed by atoms with Gasteiger partial charge in [0.1, 0.15) is 0 Å². The van der Waals surface area contributed by atoms with Crippen LogP contribution in [0.15, 0.2) is 35.1 Å². The van der Waals surface area contributed by atoms with Gasteiger partial charge in [-0.15, -0.1) is 0 Å². The Morgan fingerprint density at radius 2 is 2.00 bits per heavy atom. The number of nitrogens with one attached hydrogen (secondary N) is 1. The normalized spacial score (nSPS) is 10.5. The third-order valence-corrected chi connectivity index (χ3v) is 2.48. The molecule has 1 N–H and O–H groups in total. The van der Waals surface area contributed by atoms with Gasteiger partial charge < -0.3 is 0 Å². The maximum atomic E-state index is 11.9. The first-order valence-corrected chi connectivity index (χ1v) is 5.69. The Labute approximate surface area is 99.7 Å². The van der Waals surface area contributed by atoms with E-state index in [0.717, 1.165) is 24.4 Å². The van der Waals surface area contributed by atoms with Gasteiger partial charge in [-0.25, -0.2) is 9.48 Å². The van der Waals surface area contributed by atoms with Crippen molar-refractivity contribution in [1.82, 2.24) is 14.5 Å².